The Labute approximate surface area is 196 Å². The molecule has 2 aromatic carbocycles. The van der Waals surface area contributed by atoms with Gasteiger partial charge in [-0.2, -0.15) is 0 Å². The molecule has 0 radical (unpaired) electrons. The van der Waals surface area contributed by atoms with Gasteiger partial charge < -0.3 is 14.8 Å². The molecular weight excluding hydrogens is 443 g/mol. The van der Waals surface area contributed by atoms with Gasteiger partial charge in [0.15, 0.2) is 28.6 Å². The van der Waals surface area contributed by atoms with Gasteiger partial charge in [0.2, 0.25) is 5.91 Å². The average molecular weight is 469 g/mol. The van der Waals surface area contributed by atoms with E-state index in [4.69, 9.17) is 9.47 Å². The third kappa shape index (κ3) is 5.19. The van der Waals surface area contributed by atoms with Crippen molar-refractivity contribution in [2.45, 2.75) is 42.9 Å². The summed E-state index contributed by atoms with van der Waals surface area (Å²) in [6.07, 6.45) is 1.32. The number of fused-ring (bicyclic) bond motifs is 1. The third-order valence-electron chi connectivity index (χ3n) is 5.23. The maximum Gasteiger partial charge on any atom is 0.233 e. The number of nitrogens with one attached hydrogen (secondary N) is 1. The highest BCUT2D eigenvalue weighted by Crippen LogP contribution is 2.36. The van der Waals surface area contributed by atoms with Gasteiger partial charge in [-0.3, -0.25) is 9.36 Å². The number of aromatic nitrogens is 3. The van der Waals surface area contributed by atoms with Crippen molar-refractivity contribution in [3.8, 4) is 11.5 Å². The van der Waals surface area contributed by atoms with Crippen LogP contribution in [0.5, 0.6) is 11.5 Å². The van der Waals surface area contributed by atoms with Crippen molar-refractivity contribution in [2.24, 2.45) is 0 Å². The summed E-state index contributed by atoms with van der Waals surface area (Å²) in [6, 6.07) is 13.3. The largest absolute Gasteiger partial charge is 0.485 e. The molecule has 3 atom stereocenters. The summed E-state index contributed by atoms with van der Waals surface area (Å²) in [4.78, 5) is 12.8. The van der Waals surface area contributed by atoms with Crippen molar-refractivity contribution in [3.05, 3.63) is 78.4 Å². The molecule has 1 aliphatic heterocycles. The number of carbonyl (C=O) groups is 1. The highest BCUT2D eigenvalue weighted by atomic mass is 32.2. The lowest BCUT2D eigenvalue weighted by Crippen LogP contribution is -2.33. The van der Waals surface area contributed by atoms with E-state index in [1.807, 2.05) is 35.8 Å². The molecule has 0 spiro atoms. The number of benzene rings is 2. The van der Waals surface area contributed by atoms with Crippen LogP contribution in [0, 0.1) is 5.82 Å². The number of amides is 1. The first-order valence-corrected chi connectivity index (χ1v) is 11.5. The second-order valence-corrected chi connectivity index (χ2v) is 8.95. The van der Waals surface area contributed by atoms with E-state index in [-0.39, 0.29) is 17.8 Å². The Balaban J connectivity index is 1.45. The Hall–Kier alpha value is -3.33. The molecule has 7 nitrogen and oxygen atoms in total. The van der Waals surface area contributed by atoms with Crippen LogP contribution < -0.4 is 14.8 Å². The summed E-state index contributed by atoms with van der Waals surface area (Å²) in [5, 5.41) is 11.8. The molecule has 1 amide bonds. The van der Waals surface area contributed by atoms with Crippen molar-refractivity contribution in [1.82, 2.24) is 20.1 Å². The Morgan fingerprint density at radius 2 is 1.97 bits per heavy atom. The zero-order valence-electron chi connectivity index (χ0n) is 18.4. The highest BCUT2D eigenvalue weighted by Gasteiger charge is 2.29. The fraction of sp³-hybridized carbons (Fsp3) is 0.292. The average Bonchev–Trinajstić information content (AvgIpc) is 3.21. The van der Waals surface area contributed by atoms with E-state index in [0.29, 0.717) is 35.6 Å². The highest BCUT2D eigenvalue weighted by molar-refractivity contribution is 8.00. The topological polar surface area (TPSA) is 78.3 Å². The maximum absolute atomic E-state index is 13.2. The maximum atomic E-state index is 13.2. The van der Waals surface area contributed by atoms with Crippen molar-refractivity contribution < 1.29 is 18.7 Å². The van der Waals surface area contributed by atoms with Crippen molar-refractivity contribution in [1.29, 1.82) is 0 Å². The van der Waals surface area contributed by atoms with E-state index in [1.54, 1.807) is 25.1 Å². The van der Waals surface area contributed by atoms with Gasteiger partial charge in [-0.1, -0.05) is 42.1 Å². The SMILES string of the molecule is C=CCn1c(S[C@@H](C)C(=O)N[C@H](C)c2ccc(F)cc2)nnc1[C@@H]1COc2ccccc2O1. The van der Waals surface area contributed by atoms with Crippen LogP contribution in [0.4, 0.5) is 4.39 Å². The van der Waals surface area contributed by atoms with E-state index in [2.05, 4.69) is 22.1 Å². The van der Waals surface area contributed by atoms with Crippen molar-refractivity contribution >= 4 is 17.7 Å². The first-order chi connectivity index (χ1) is 16.0. The number of allylic oxidation sites excluding steroid dienone is 1. The molecule has 1 aromatic heterocycles. The molecule has 0 aliphatic carbocycles. The lowest BCUT2D eigenvalue weighted by atomic mass is 10.1. The quantitative estimate of drug-likeness (QED) is 0.388. The first-order valence-electron chi connectivity index (χ1n) is 10.6. The van der Waals surface area contributed by atoms with E-state index < -0.39 is 11.4 Å². The number of carbonyl (C=O) groups excluding carboxylic acids is 1. The predicted molar refractivity (Wildman–Crippen MR) is 124 cm³/mol. The number of rotatable bonds is 8. The number of thioether (sulfide) groups is 1. The lowest BCUT2D eigenvalue weighted by Gasteiger charge is -2.26. The molecule has 2 heterocycles. The summed E-state index contributed by atoms with van der Waals surface area (Å²) in [5.41, 5.74) is 0.828. The minimum Gasteiger partial charge on any atom is -0.485 e. The van der Waals surface area contributed by atoms with Crippen LogP contribution in [0.3, 0.4) is 0 Å². The molecular formula is C24H25FN4O3S. The Morgan fingerprint density at radius 1 is 1.24 bits per heavy atom. The van der Waals surface area contributed by atoms with Crippen molar-refractivity contribution in [3.63, 3.8) is 0 Å². The molecule has 0 saturated carbocycles. The van der Waals surface area contributed by atoms with Crippen molar-refractivity contribution in [2.75, 3.05) is 6.61 Å². The van der Waals surface area contributed by atoms with Gasteiger partial charge in [0, 0.05) is 6.54 Å². The van der Waals surface area contributed by atoms with Crippen LogP contribution in [0.25, 0.3) is 0 Å². The van der Waals surface area contributed by atoms with Gasteiger partial charge >= 0.3 is 0 Å². The van der Waals surface area contributed by atoms with Crippen LogP contribution in [0.15, 0.2) is 66.3 Å². The van der Waals surface area contributed by atoms with Gasteiger partial charge in [-0.15, -0.1) is 16.8 Å². The monoisotopic (exact) mass is 468 g/mol. The minimum atomic E-state index is -0.433. The molecule has 4 rings (SSSR count). The number of para-hydroxylation sites is 2. The molecule has 1 N–H and O–H groups in total. The number of hydrogen-bond donors (Lipinski definition) is 1. The molecule has 33 heavy (non-hydrogen) atoms. The van der Waals surface area contributed by atoms with Crippen LogP contribution >= 0.6 is 11.8 Å². The Kier molecular flexibility index (Phi) is 6.98. The molecule has 0 unspecified atom stereocenters. The van der Waals surface area contributed by atoms with E-state index >= 15 is 0 Å². The summed E-state index contributed by atoms with van der Waals surface area (Å²) < 4.78 is 26.9. The molecule has 1 aliphatic rings. The Morgan fingerprint density at radius 3 is 2.70 bits per heavy atom. The molecule has 9 heteroatoms. The zero-order valence-corrected chi connectivity index (χ0v) is 19.2. The predicted octanol–water partition coefficient (Wildman–Crippen LogP) is 4.47. The van der Waals surface area contributed by atoms with Crippen LogP contribution in [-0.2, 0) is 11.3 Å². The fourth-order valence-corrected chi connectivity index (χ4v) is 4.32. The summed E-state index contributed by atoms with van der Waals surface area (Å²) in [7, 11) is 0. The first kappa shape index (κ1) is 22.8. The zero-order chi connectivity index (χ0) is 23.4. The number of halogens is 1. The van der Waals surface area contributed by atoms with Gasteiger partial charge in [-0.25, -0.2) is 4.39 Å². The van der Waals surface area contributed by atoms with Gasteiger partial charge in [0.05, 0.1) is 11.3 Å². The number of nitrogens with zero attached hydrogens (tertiary/aromatic N) is 3. The number of hydrogen-bond acceptors (Lipinski definition) is 6. The van der Waals surface area contributed by atoms with Gasteiger partial charge in [0.1, 0.15) is 12.4 Å². The second kappa shape index (κ2) is 10.1. The molecule has 0 bridgehead atoms. The number of ether oxygens (including phenoxy) is 2. The smallest absolute Gasteiger partial charge is 0.233 e. The van der Waals surface area contributed by atoms with E-state index in [1.165, 1.54) is 23.9 Å². The molecule has 0 fully saturated rings. The van der Waals surface area contributed by atoms with Crippen LogP contribution in [0.1, 0.15) is 37.4 Å². The molecule has 0 saturated heterocycles. The van der Waals surface area contributed by atoms with E-state index in [9.17, 15) is 9.18 Å². The molecule has 172 valence electrons. The standard InChI is InChI=1S/C24H25FN4O3S/c1-4-13-29-22(21-14-31-19-7-5-6-8-20(19)32-21)27-28-24(29)33-16(3)23(30)26-15(2)17-9-11-18(25)12-10-17/h4-12,15-16,21H,1,13-14H2,2-3H3,(H,26,30)/t15-,16+,21+/m1/s1. The third-order valence-corrected chi connectivity index (χ3v) is 6.31. The fourth-order valence-electron chi connectivity index (χ4n) is 3.45. The van der Waals surface area contributed by atoms with E-state index in [0.717, 1.165) is 5.56 Å². The molecule has 3 aromatic rings. The summed E-state index contributed by atoms with van der Waals surface area (Å²) in [5.74, 6) is 1.49. The van der Waals surface area contributed by atoms with Crippen LogP contribution in [0.2, 0.25) is 0 Å². The Bertz CT molecular complexity index is 1130. The lowest BCUT2D eigenvalue weighted by molar-refractivity contribution is -0.120. The second-order valence-electron chi connectivity index (χ2n) is 7.65. The van der Waals surface area contributed by atoms with Crippen LogP contribution in [-0.4, -0.2) is 32.5 Å². The summed E-state index contributed by atoms with van der Waals surface area (Å²) >= 11 is 1.30. The van der Waals surface area contributed by atoms with Gasteiger partial charge in [0.25, 0.3) is 0 Å². The summed E-state index contributed by atoms with van der Waals surface area (Å²) in [6.45, 7) is 8.27. The normalized spacial score (nSPS) is 16.6. The minimum absolute atomic E-state index is 0.155. The van der Waals surface area contributed by atoms with Gasteiger partial charge in [-0.05, 0) is 43.7 Å².